The van der Waals surface area contributed by atoms with Gasteiger partial charge in [0.2, 0.25) is 0 Å². The lowest BCUT2D eigenvalue weighted by atomic mass is 10.0. The summed E-state index contributed by atoms with van der Waals surface area (Å²) < 4.78 is 5.15. The van der Waals surface area contributed by atoms with Gasteiger partial charge in [0.1, 0.15) is 5.75 Å². The maximum absolute atomic E-state index is 12.1. The smallest absolute Gasteiger partial charge is 0.303 e. The third-order valence-corrected chi connectivity index (χ3v) is 3.04. The van der Waals surface area contributed by atoms with E-state index in [2.05, 4.69) is 4.98 Å². The topological polar surface area (TPSA) is 79.4 Å². The van der Waals surface area contributed by atoms with E-state index in [1.54, 1.807) is 20.1 Å². The summed E-state index contributed by atoms with van der Waals surface area (Å²) in [5.74, 6) is -0.471. The molecule has 0 saturated heterocycles. The number of hydrogen-bond acceptors (Lipinski definition) is 3. The summed E-state index contributed by atoms with van der Waals surface area (Å²) in [6.07, 6.45) is -0.157. The largest absolute Gasteiger partial charge is 0.497 e. The maximum Gasteiger partial charge on any atom is 0.303 e. The van der Waals surface area contributed by atoms with Gasteiger partial charge >= 0.3 is 5.97 Å². The highest BCUT2D eigenvalue weighted by atomic mass is 16.5. The number of aliphatic carboxylic acids is 1. The number of ketones is 1. The highest BCUT2D eigenvalue weighted by molar-refractivity contribution is 6.10. The van der Waals surface area contributed by atoms with Crippen molar-refractivity contribution in [1.29, 1.82) is 0 Å². The van der Waals surface area contributed by atoms with E-state index >= 15 is 0 Å². The molecule has 1 heterocycles. The Morgan fingerprint density at radius 2 is 2.05 bits per heavy atom. The standard InChI is InChI=1S/C14H15NO4/c1-8-14(12(16)5-6-13(17)18)10-7-9(19-2)3-4-11(10)15-8/h3-4,7,15H,5-6H2,1-2H3,(H,17,18). The zero-order valence-corrected chi connectivity index (χ0v) is 10.8. The number of aromatic nitrogens is 1. The lowest BCUT2D eigenvalue weighted by Crippen LogP contribution is -2.04. The first kappa shape index (κ1) is 13.1. The van der Waals surface area contributed by atoms with Crippen LogP contribution < -0.4 is 4.74 Å². The number of aryl methyl sites for hydroxylation is 1. The molecule has 2 aromatic rings. The second-order valence-corrected chi connectivity index (χ2v) is 4.35. The quantitative estimate of drug-likeness (QED) is 0.810. The minimum Gasteiger partial charge on any atom is -0.497 e. The molecule has 5 nitrogen and oxygen atoms in total. The molecule has 0 fully saturated rings. The Morgan fingerprint density at radius 3 is 2.68 bits per heavy atom. The first-order chi connectivity index (χ1) is 9.02. The molecule has 5 heteroatoms. The van der Waals surface area contributed by atoms with Crippen LogP contribution in [-0.2, 0) is 4.79 Å². The second kappa shape index (κ2) is 5.14. The molecule has 0 spiro atoms. The summed E-state index contributed by atoms with van der Waals surface area (Å²) in [6, 6.07) is 5.44. The van der Waals surface area contributed by atoms with Crippen molar-refractivity contribution in [2.24, 2.45) is 0 Å². The number of carboxylic acids is 1. The van der Waals surface area contributed by atoms with Crippen LogP contribution in [0.1, 0.15) is 28.9 Å². The van der Waals surface area contributed by atoms with Gasteiger partial charge in [-0.15, -0.1) is 0 Å². The first-order valence-corrected chi connectivity index (χ1v) is 5.94. The highest BCUT2D eigenvalue weighted by Crippen LogP contribution is 2.27. The van der Waals surface area contributed by atoms with Crippen molar-refractivity contribution in [2.75, 3.05) is 7.11 Å². The average molecular weight is 261 g/mol. The highest BCUT2D eigenvalue weighted by Gasteiger charge is 2.17. The third-order valence-electron chi connectivity index (χ3n) is 3.04. The Morgan fingerprint density at radius 1 is 1.32 bits per heavy atom. The Labute approximate surface area is 110 Å². The van der Waals surface area contributed by atoms with E-state index in [0.717, 1.165) is 16.6 Å². The number of carboxylic acid groups (broad SMARTS) is 1. The Balaban J connectivity index is 2.43. The van der Waals surface area contributed by atoms with Gasteiger partial charge in [-0.1, -0.05) is 0 Å². The summed E-state index contributed by atoms with van der Waals surface area (Å²) in [4.78, 5) is 25.8. The number of methoxy groups -OCH3 is 1. The van der Waals surface area contributed by atoms with Crippen molar-refractivity contribution in [3.05, 3.63) is 29.5 Å². The molecule has 0 unspecified atom stereocenters. The summed E-state index contributed by atoms with van der Waals surface area (Å²) in [7, 11) is 1.56. The molecule has 0 saturated carbocycles. The van der Waals surface area contributed by atoms with Gasteiger partial charge in [0.25, 0.3) is 0 Å². The van der Waals surface area contributed by atoms with Crippen molar-refractivity contribution in [3.63, 3.8) is 0 Å². The summed E-state index contributed by atoms with van der Waals surface area (Å²) in [5, 5.41) is 9.42. The molecule has 1 aromatic heterocycles. The van der Waals surface area contributed by atoms with Crippen LogP contribution in [0.2, 0.25) is 0 Å². The third kappa shape index (κ3) is 2.59. The molecule has 0 atom stereocenters. The molecule has 0 amide bonds. The van der Waals surface area contributed by atoms with Gasteiger partial charge in [0.15, 0.2) is 5.78 Å². The molecule has 0 bridgehead atoms. The van der Waals surface area contributed by atoms with Crippen LogP contribution in [0.15, 0.2) is 18.2 Å². The van der Waals surface area contributed by atoms with E-state index in [9.17, 15) is 9.59 Å². The molecule has 0 aliphatic heterocycles. The maximum atomic E-state index is 12.1. The van der Waals surface area contributed by atoms with E-state index in [4.69, 9.17) is 9.84 Å². The SMILES string of the molecule is COc1ccc2[nH]c(C)c(C(=O)CCC(=O)O)c2c1. The number of H-pyrrole nitrogens is 1. The number of carbonyl (C=O) groups excluding carboxylic acids is 1. The van der Waals surface area contributed by atoms with Gasteiger partial charge in [0.05, 0.1) is 13.5 Å². The predicted molar refractivity (Wildman–Crippen MR) is 70.8 cm³/mol. The number of hydrogen-bond donors (Lipinski definition) is 2. The molecule has 0 aliphatic carbocycles. The van der Waals surface area contributed by atoms with Crippen LogP contribution in [0.4, 0.5) is 0 Å². The van der Waals surface area contributed by atoms with Crippen molar-refractivity contribution in [2.45, 2.75) is 19.8 Å². The monoisotopic (exact) mass is 261 g/mol. The second-order valence-electron chi connectivity index (χ2n) is 4.35. The number of carbonyl (C=O) groups is 2. The molecule has 100 valence electrons. The fraction of sp³-hybridized carbons (Fsp3) is 0.286. The number of benzene rings is 1. The van der Waals surface area contributed by atoms with E-state index in [1.807, 2.05) is 12.1 Å². The molecular weight excluding hydrogens is 246 g/mol. The molecule has 0 aliphatic rings. The Kier molecular flexibility index (Phi) is 3.55. The van der Waals surface area contributed by atoms with Gasteiger partial charge in [0, 0.05) is 28.6 Å². The molecule has 2 N–H and O–H groups in total. The van der Waals surface area contributed by atoms with Crippen molar-refractivity contribution >= 4 is 22.7 Å². The predicted octanol–water partition coefficient (Wildman–Crippen LogP) is 2.53. The van der Waals surface area contributed by atoms with Crippen LogP contribution >= 0.6 is 0 Å². The van der Waals surface area contributed by atoms with E-state index in [0.29, 0.717) is 11.3 Å². The molecule has 19 heavy (non-hydrogen) atoms. The normalized spacial score (nSPS) is 10.6. The van der Waals surface area contributed by atoms with E-state index in [-0.39, 0.29) is 18.6 Å². The Hall–Kier alpha value is -2.30. The average Bonchev–Trinajstić information content (AvgIpc) is 2.70. The number of rotatable bonds is 5. The van der Waals surface area contributed by atoms with Crippen LogP contribution in [0.25, 0.3) is 10.9 Å². The van der Waals surface area contributed by atoms with Gasteiger partial charge in [-0.2, -0.15) is 0 Å². The van der Waals surface area contributed by atoms with E-state index < -0.39 is 5.97 Å². The number of nitrogens with one attached hydrogen (secondary N) is 1. The minimum atomic E-state index is -0.969. The minimum absolute atomic E-state index is 0.000334. The van der Waals surface area contributed by atoms with Crippen molar-refractivity contribution in [1.82, 2.24) is 4.98 Å². The van der Waals surface area contributed by atoms with Crippen LogP contribution in [0, 0.1) is 6.92 Å². The molecule has 1 aromatic carbocycles. The van der Waals surface area contributed by atoms with Gasteiger partial charge in [-0.05, 0) is 25.1 Å². The van der Waals surface area contributed by atoms with Crippen LogP contribution in [-0.4, -0.2) is 29.0 Å². The number of fused-ring (bicyclic) bond motifs is 1. The number of aromatic amines is 1. The van der Waals surface area contributed by atoms with Crippen molar-refractivity contribution < 1.29 is 19.4 Å². The molecule has 0 radical (unpaired) electrons. The van der Waals surface area contributed by atoms with Crippen LogP contribution in [0.5, 0.6) is 5.75 Å². The zero-order valence-electron chi connectivity index (χ0n) is 10.8. The molecular formula is C14H15NO4. The summed E-state index contributed by atoms with van der Waals surface area (Å²) in [5.41, 5.74) is 2.14. The number of ether oxygens (including phenoxy) is 1. The lowest BCUT2D eigenvalue weighted by Gasteiger charge is -2.02. The summed E-state index contributed by atoms with van der Waals surface area (Å²) in [6.45, 7) is 1.81. The lowest BCUT2D eigenvalue weighted by molar-refractivity contribution is -0.136. The zero-order chi connectivity index (χ0) is 14.0. The van der Waals surface area contributed by atoms with Gasteiger partial charge in [-0.3, -0.25) is 9.59 Å². The number of Topliss-reactive ketones (excluding diaryl/α,β-unsaturated/α-hetero) is 1. The fourth-order valence-corrected chi connectivity index (χ4v) is 2.14. The molecule has 2 rings (SSSR count). The van der Waals surface area contributed by atoms with E-state index in [1.165, 1.54) is 0 Å². The fourth-order valence-electron chi connectivity index (χ4n) is 2.14. The first-order valence-electron chi connectivity index (χ1n) is 5.94. The summed E-state index contributed by atoms with van der Waals surface area (Å²) >= 11 is 0. The van der Waals surface area contributed by atoms with Gasteiger partial charge in [-0.25, -0.2) is 0 Å². The Bertz CT molecular complexity index is 642. The van der Waals surface area contributed by atoms with Crippen LogP contribution in [0.3, 0.4) is 0 Å². The van der Waals surface area contributed by atoms with Crippen molar-refractivity contribution in [3.8, 4) is 5.75 Å². The van der Waals surface area contributed by atoms with Gasteiger partial charge < -0.3 is 14.8 Å².